The summed E-state index contributed by atoms with van der Waals surface area (Å²) in [5, 5.41) is 5.81. The summed E-state index contributed by atoms with van der Waals surface area (Å²) in [4.78, 5) is 25.3. The van der Waals surface area contributed by atoms with E-state index < -0.39 is 10.0 Å². The van der Waals surface area contributed by atoms with Crippen LogP contribution in [0.1, 0.15) is 45.7 Å². The first-order chi connectivity index (χ1) is 15.8. The summed E-state index contributed by atoms with van der Waals surface area (Å²) in [5.74, 6) is -0.393. The molecule has 4 rings (SSSR count). The minimum atomic E-state index is -3.32. The summed E-state index contributed by atoms with van der Waals surface area (Å²) >= 11 is 0. The van der Waals surface area contributed by atoms with Crippen LogP contribution in [0.5, 0.6) is 0 Å². The number of sulfonamides is 1. The smallest absolute Gasteiger partial charge is 0.255 e. The van der Waals surface area contributed by atoms with E-state index in [1.54, 1.807) is 54.6 Å². The van der Waals surface area contributed by atoms with Crippen LogP contribution in [0.4, 0.5) is 11.4 Å². The van der Waals surface area contributed by atoms with E-state index >= 15 is 0 Å². The van der Waals surface area contributed by atoms with Gasteiger partial charge in [0, 0.05) is 23.4 Å². The number of nitrogens with one attached hydrogen (secondary N) is 2. The Bertz CT molecular complexity index is 1280. The molecule has 1 saturated heterocycles. The van der Waals surface area contributed by atoms with Crippen LogP contribution >= 0.6 is 0 Å². The van der Waals surface area contributed by atoms with Crippen molar-refractivity contribution < 1.29 is 18.0 Å². The summed E-state index contributed by atoms with van der Waals surface area (Å²) in [6, 6.07) is 22.5. The van der Waals surface area contributed by atoms with Crippen molar-refractivity contribution in [2.45, 2.75) is 19.4 Å². The van der Waals surface area contributed by atoms with Gasteiger partial charge in [-0.15, -0.1) is 0 Å². The van der Waals surface area contributed by atoms with Crippen LogP contribution in [0.25, 0.3) is 0 Å². The number of carbonyl (C=O) groups is 2. The second-order valence-corrected chi connectivity index (χ2v) is 9.95. The van der Waals surface area contributed by atoms with Gasteiger partial charge in [-0.2, -0.15) is 0 Å². The Morgan fingerprint density at radius 3 is 2.33 bits per heavy atom. The highest BCUT2D eigenvalue weighted by Gasteiger charge is 2.28. The SMILES string of the molecule is CC(NC(=O)c1cccc(N2CCCS2(=O)=O)c1)c1cccc(NC(=O)c2ccccc2)c1. The summed E-state index contributed by atoms with van der Waals surface area (Å²) in [6.45, 7) is 2.27. The lowest BCUT2D eigenvalue weighted by molar-refractivity contribution is 0.0939. The van der Waals surface area contributed by atoms with Gasteiger partial charge >= 0.3 is 0 Å². The zero-order valence-electron chi connectivity index (χ0n) is 18.2. The fourth-order valence-electron chi connectivity index (χ4n) is 3.77. The quantitative estimate of drug-likeness (QED) is 0.578. The van der Waals surface area contributed by atoms with Crippen molar-refractivity contribution in [2.24, 2.45) is 0 Å². The van der Waals surface area contributed by atoms with Crippen molar-refractivity contribution in [3.63, 3.8) is 0 Å². The average Bonchev–Trinajstić information content (AvgIpc) is 3.18. The number of benzene rings is 3. The van der Waals surface area contributed by atoms with Crippen LogP contribution in [0.2, 0.25) is 0 Å². The first kappa shape index (κ1) is 22.5. The molecule has 0 spiro atoms. The van der Waals surface area contributed by atoms with Crippen LogP contribution in [0.3, 0.4) is 0 Å². The van der Waals surface area contributed by atoms with Crippen molar-refractivity contribution in [3.8, 4) is 0 Å². The van der Waals surface area contributed by atoms with Crippen LogP contribution in [-0.2, 0) is 10.0 Å². The predicted octanol–water partition coefficient (Wildman–Crippen LogP) is 3.97. The van der Waals surface area contributed by atoms with Gasteiger partial charge in [0.05, 0.1) is 17.5 Å². The number of amides is 2. The second kappa shape index (κ2) is 9.46. The Balaban J connectivity index is 1.45. The number of carbonyl (C=O) groups excluding carboxylic acids is 2. The fraction of sp³-hybridized carbons (Fsp3) is 0.200. The van der Waals surface area contributed by atoms with Crippen molar-refractivity contribution in [1.82, 2.24) is 5.32 Å². The van der Waals surface area contributed by atoms with E-state index in [9.17, 15) is 18.0 Å². The lowest BCUT2D eigenvalue weighted by atomic mass is 10.1. The molecule has 1 aliphatic rings. The predicted molar refractivity (Wildman–Crippen MR) is 129 cm³/mol. The zero-order valence-corrected chi connectivity index (χ0v) is 19.0. The highest BCUT2D eigenvalue weighted by molar-refractivity contribution is 7.93. The molecular formula is C25H25N3O4S. The van der Waals surface area contributed by atoms with Gasteiger partial charge in [-0.1, -0.05) is 36.4 Å². The zero-order chi connectivity index (χ0) is 23.4. The fourth-order valence-corrected chi connectivity index (χ4v) is 5.33. The number of rotatable bonds is 6. The molecule has 2 N–H and O–H groups in total. The van der Waals surface area contributed by atoms with E-state index in [4.69, 9.17) is 0 Å². The normalized spacial score (nSPS) is 15.6. The molecule has 0 aromatic heterocycles. The first-order valence-electron chi connectivity index (χ1n) is 10.7. The molecule has 2 amide bonds. The van der Waals surface area contributed by atoms with Crippen molar-refractivity contribution in [3.05, 3.63) is 95.6 Å². The van der Waals surface area contributed by atoms with Crippen LogP contribution in [0, 0.1) is 0 Å². The van der Waals surface area contributed by atoms with Gasteiger partial charge in [0.25, 0.3) is 11.8 Å². The molecule has 1 unspecified atom stereocenters. The van der Waals surface area contributed by atoms with E-state index in [1.807, 2.05) is 31.2 Å². The Kier molecular flexibility index (Phi) is 6.46. The summed E-state index contributed by atoms with van der Waals surface area (Å²) < 4.78 is 25.8. The minimum Gasteiger partial charge on any atom is -0.346 e. The summed E-state index contributed by atoms with van der Waals surface area (Å²) in [5.41, 5.74) is 2.90. The summed E-state index contributed by atoms with van der Waals surface area (Å²) in [6.07, 6.45) is 0.576. The van der Waals surface area contributed by atoms with Gasteiger partial charge in [-0.3, -0.25) is 13.9 Å². The third kappa shape index (κ3) is 5.23. The molecule has 0 bridgehead atoms. The van der Waals surface area contributed by atoms with E-state index in [2.05, 4.69) is 10.6 Å². The Hall–Kier alpha value is -3.65. The lowest BCUT2D eigenvalue weighted by Crippen LogP contribution is -2.28. The lowest BCUT2D eigenvalue weighted by Gasteiger charge is -2.19. The Morgan fingerprint density at radius 1 is 0.879 bits per heavy atom. The molecule has 0 radical (unpaired) electrons. The van der Waals surface area contributed by atoms with Crippen molar-refractivity contribution in [2.75, 3.05) is 21.9 Å². The van der Waals surface area contributed by atoms with Crippen LogP contribution in [-0.4, -0.2) is 32.5 Å². The molecule has 0 aliphatic carbocycles. The maximum atomic E-state index is 12.9. The van der Waals surface area contributed by atoms with Gasteiger partial charge in [0.1, 0.15) is 0 Å². The molecule has 8 heteroatoms. The molecule has 33 heavy (non-hydrogen) atoms. The maximum absolute atomic E-state index is 12.9. The molecular weight excluding hydrogens is 438 g/mol. The molecule has 1 fully saturated rings. The molecule has 3 aromatic carbocycles. The molecule has 7 nitrogen and oxygen atoms in total. The molecule has 1 heterocycles. The topological polar surface area (TPSA) is 95.6 Å². The minimum absolute atomic E-state index is 0.123. The van der Waals surface area contributed by atoms with Crippen molar-refractivity contribution >= 4 is 33.2 Å². The average molecular weight is 464 g/mol. The van der Waals surface area contributed by atoms with Gasteiger partial charge in [0.15, 0.2) is 0 Å². The number of anilines is 2. The van der Waals surface area contributed by atoms with E-state index in [0.717, 1.165) is 5.56 Å². The van der Waals surface area contributed by atoms with Gasteiger partial charge < -0.3 is 10.6 Å². The van der Waals surface area contributed by atoms with Crippen LogP contribution in [0.15, 0.2) is 78.9 Å². The Labute approximate surface area is 193 Å². The molecule has 0 saturated carbocycles. The van der Waals surface area contributed by atoms with Crippen molar-refractivity contribution in [1.29, 1.82) is 0 Å². The largest absolute Gasteiger partial charge is 0.346 e. The van der Waals surface area contributed by atoms with Gasteiger partial charge in [-0.05, 0) is 61.4 Å². The molecule has 3 aromatic rings. The monoisotopic (exact) mass is 463 g/mol. The number of hydrogen-bond donors (Lipinski definition) is 2. The van der Waals surface area contributed by atoms with E-state index in [-0.39, 0.29) is 23.6 Å². The first-order valence-corrected chi connectivity index (χ1v) is 12.3. The van der Waals surface area contributed by atoms with E-state index in [0.29, 0.717) is 35.5 Å². The standard InChI is InChI=1S/C25H25N3O4S/c1-18(20-10-5-12-22(16-20)27-24(29)19-8-3-2-4-9-19)26-25(30)21-11-6-13-23(17-21)28-14-7-15-33(28,31)32/h2-6,8-13,16-18H,7,14-15H2,1H3,(H,26,30)(H,27,29). The Morgan fingerprint density at radius 2 is 1.61 bits per heavy atom. The molecule has 1 aliphatic heterocycles. The molecule has 170 valence electrons. The van der Waals surface area contributed by atoms with Gasteiger partial charge in [-0.25, -0.2) is 8.42 Å². The third-order valence-electron chi connectivity index (χ3n) is 5.52. The molecule has 1 atom stereocenters. The number of nitrogens with zero attached hydrogens (tertiary/aromatic N) is 1. The maximum Gasteiger partial charge on any atom is 0.255 e. The number of hydrogen-bond acceptors (Lipinski definition) is 4. The van der Waals surface area contributed by atoms with Crippen LogP contribution < -0.4 is 14.9 Å². The third-order valence-corrected chi connectivity index (χ3v) is 7.39. The van der Waals surface area contributed by atoms with Gasteiger partial charge in [0.2, 0.25) is 10.0 Å². The summed E-state index contributed by atoms with van der Waals surface area (Å²) in [7, 11) is -3.32. The highest BCUT2D eigenvalue weighted by Crippen LogP contribution is 2.25. The van der Waals surface area contributed by atoms with E-state index in [1.165, 1.54) is 4.31 Å². The highest BCUT2D eigenvalue weighted by atomic mass is 32.2. The second-order valence-electron chi connectivity index (χ2n) is 7.93.